The van der Waals surface area contributed by atoms with Gasteiger partial charge in [-0.15, -0.1) is 0 Å². The molecule has 1 unspecified atom stereocenters. The van der Waals surface area contributed by atoms with Gasteiger partial charge in [-0.3, -0.25) is 9.59 Å². The zero-order valence-electron chi connectivity index (χ0n) is 10.6. The molecular weight excluding hydrogens is 244 g/mol. The van der Waals surface area contributed by atoms with E-state index in [1.54, 1.807) is 0 Å². The van der Waals surface area contributed by atoms with Crippen molar-refractivity contribution >= 4 is 11.9 Å². The SMILES string of the molecule is NC(CC(=O)NCC1(C(=O)O)CC1)c1ccccc1. The van der Waals surface area contributed by atoms with Gasteiger partial charge >= 0.3 is 5.97 Å². The van der Waals surface area contributed by atoms with Gasteiger partial charge in [-0.05, 0) is 18.4 Å². The second-order valence-corrected chi connectivity index (χ2v) is 5.08. The summed E-state index contributed by atoms with van der Waals surface area (Å²) in [7, 11) is 0. The van der Waals surface area contributed by atoms with Crippen molar-refractivity contribution in [2.75, 3.05) is 6.54 Å². The number of carbonyl (C=O) groups is 2. The molecule has 4 N–H and O–H groups in total. The average molecular weight is 262 g/mol. The third kappa shape index (κ3) is 3.32. The van der Waals surface area contributed by atoms with Crippen LogP contribution in [0.2, 0.25) is 0 Å². The molecule has 0 aliphatic heterocycles. The topological polar surface area (TPSA) is 92.4 Å². The number of hydrogen-bond acceptors (Lipinski definition) is 3. The van der Waals surface area contributed by atoms with Gasteiger partial charge in [0.2, 0.25) is 5.91 Å². The van der Waals surface area contributed by atoms with Gasteiger partial charge in [0.05, 0.1) is 5.41 Å². The van der Waals surface area contributed by atoms with Gasteiger partial charge < -0.3 is 16.2 Å². The average Bonchev–Trinajstić information content (AvgIpc) is 3.18. The summed E-state index contributed by atoms with van der Waals surface area (Å²) in [5, 5.41) is 11.7. The Labute approximate surface area is 111 Å². The van der Waals surface area contributed by atoms with E-state index in [1.807, 2.05) is 30.3 Å². The number of carboxylic acid groups (broad SMARTS) is 1. The van der Waals surface area contributed by atoms with E-state index in [1.165, 1.54) is 0 Å². The standard InChI is InChI=1S/C14H18N2O3/c15-11(10-4-2-1-3-5-10)8-12(17)16-9-14(6-7-14)13(18)19/h1-5,11H,6-9,15H2,(H,16,17)(H,18,19). The molecule has 0 bridgehead atoms. The fourth-order valence-corrected chi connectivity index (χ4v) is 1.97. The van der Waals surface area contributed by atoms with Gasteiger partial charge in [0.15, 0.2) is 0 Å². The Morgan fingerprint density at radius 1 is 1.32 bits per heavy atom. The van der Waals surface area contributed by atoms with Crippen LogP contribution < -0.4 is 11.1 Å². The van der Waals surface area contributed by atoms with Crippen molar-refractivity contribution in [2.45, 2.75) is 25.3 Å². The van der Waals surface area contributed by atoms with Crippen molar-refractivity contribution in [1.82, 2.24) is 5.32 Å². The first-order valence-corrected chi connectivity index (χ1v) is 6.34. The summed E-state index contributed by atoms with van der Waals surface area (Å²) in [6, 6.07) is 9.02. The van der Waals surface area contributed by atoms with Crippen molar-refractivity contribution in [2.24, 2.45) is 11.1 Å². The molecule has 2 rings (SSSR count). The van der Waals surface area contributed by atoms with Gasteiger partial charge in [-0.25, -0.2) is 0 Å². The summed E-state index contributed by atoms with van der Waals surface area (Å²) in [6.45, 7) is 0.197. The Kier molecular flexibility index (Phi) is 3.85. The first-order valence-electron chi connectivity index (χ1n) is 6.34. The first-order chi connectivity index (χ1) is 9.03. The number of aliphatic carboxylic acids is 1. The number of hydrogen-bond donors (Lipinski definition) is 3. The van der Waals surface area contributed by atoms with Crippen LogP contribution in [0.3, 0.4) is 0 Å². The van der Waals surface area contributed by atoms with E-state index in [-0.39, 0.29) is 24.9 Å². The van der Waals surface area contributed by atoms with Crippen LogP contribution in [-0.2, 0) is 9.59 Å². The van der Waals surface area contributed by atoms with Crippen molar-refractivity contribution in [3.8, 4) is 0 Å². The molecule has 0 saturated heterocycles. The summed E-state index contributed by atoms with van der Waals surface area (Å²) in [6.07, 6.45) is 1.43. The maximum atomic E-state index is 11.7. The predicted octanol–water partition coefficient (Wildman–Crippen LogP) is 1.06. The van der Waals surface area contributed by atoms with Gasteiger partial charge in [-0.2, -0.15) is 0 Å². The van der Waals surface area contributed by atoms with Crippen LogP contribution in [0.4, 0.5) is 0 Å². The molecule has 1 atom stereocenters. The molecule has 1 amide bonds. The molecule has 1 saturated carbocycles. The molecule has 0 spiro atoms. The fourth-order valence-electron chi connectivity index (χ4n) is 1.97. The van der Waals surface area contributed by atoms with Gasteiger partial charge in [0, 0.05) is 19.0 Å². The van der Waals surface area contributed by atoms with Crippen LogP contribution in [0, 0.1) is 5.41 Å². The van der Waals surface area contributed by atoms with E-state index in [2.05, 4.69) is 5.32 Å². The number of nitrogens with one attached hydrogen (secondary N) is 1. The lowest BCUT2D eigenvalue weighted by molar-refractivity contribution is -0.143. The van der Waals surface area contributed by atoms with Gasteiger partial charge in [0.25, 0.3) is 0 Å². The van der Waals surface area contributed by atoms with Gasteiger partial charge in [-0.1, -0.05) is 30.3 Å². The minimum atomic E-state index is -0.833. The van der Waals surface area contributed by atoms with Crippen LogP contribution >= 0.6 is 0 Å². The number of carboxylic acids is 1. The predicted molar refractivity (Wildman–Crippen MR) is 70.3 cm³/mol. The largest absolute Gasteiger partial charge is 0.481 e. The summed E-state index contributed by atoms with van der Waals surface area (Å²) < 4.78 is 0. The number of benzene rings is 1. The molecule has 19 heavy (non-hydrogen) atoms. The number of amides is 1. The number of carbonyl (C=O) groups excluding carboxylic acids is 1. The van der Waals surface area contributed by atoms with E-state index in [0.717, 1.165) is 5.56 Å². The van der Waals surface area contributed by atoms with Crippen LogP contribution in [-0.4, -0.2) is 23.5 Å². The molecule has 1 aromatic rings. The molecule has 0 radical (unpaired) electrons. The van der Waals surface area contributed by atoms with Crippen LogP contribution in [0.1, 0.15) is 30.9 Å². The molecule has 1 aliphatic rings. The maximum absolute atomic E-state index is 11.7. The summed E-state index contributed by atoms with van der Waals surface area (Å²) >= 11 is 0. The monoisotopic (exact) mass is 262 g/mol. The highest BCUT2D eigenvalue weighted by Crippen LogP contribution is 2.45. The van der Waals surface area contributed by atoms with Crippen LogP contribution in [0.5, 0.6) is 0 Å². The highest BCUT2D eigenvalue weighted by Gasteiger charge is 2.50. The molecule has 1 aliphatic carbocycles. The molecule has 0 heterocycles. The normalized spacial score (nSPS) is 17.5. The zero-order chi connectivity index (χ0) is 13.9. The van der Waals surface area contributed by atoms with E-state index in [9.17, 15) is 9.59 Å². The third-order valence-corrected chi connectivity index (χ3v) is 3.56. The van der Waals surface area contributed by atoms with Crippen LogP contribution in [0.25, 0.3) is 0 Å². The lowest BCUT2D eigenvalue weighted by Gasteiger charge is -2.14. The Bertz CT molecular complexity index is 469. The lowest BCUT2D eigenvalue weighted by atomic mass is 10.0. The molecule has 5 nitrogen and oxygen atoms in total. The van der Waals surface area contributed by atoms with Crippen LogP contribution in [0.15, 0.2) is 30.3 Å². The van der Waals surface area contributed by atoms with Crippen molar-refractivity contribution < 1.29 is 14.7 Å². The second kappa shape index (κ2) is 5.40. The van der Waals surface area contributed by atoms with E-state index < -0.39 is 11.4 Å². The molecular formula is C14H18N2O3. The highest BCUT2D eigenvalue weighted by molar-refractivity contribution is 5.81. The Morgan fingerprint density at radius 2 is 1.95 bits per heavy atom. The molecule has 1 fully saturated rings. The van der Waals surface area contributed by atoms with E-state index in [0.29, 0.717) is 12.8 Å². The fraction of sp³-hybridized carbons (Fsp3) is 0.429. The smallest absolute Gasteiger partial charge is 0.311 e. The lowest BCUT2D eigenvalue weighted by Crippen LogP contribution is -2.35. The minimum Gasteiger partial charge on any atom is -0.481 e. The van der Waals surface area contributed by atoms with E-state index in [4.69, 9.17) is 10.8 Å². The number of rotatable bonds is 6. The molecule has 1 aromatic carbocycles. The Balaban J connectivity index is 1.80. The van der Waals surface area contributed by atoms with Crippen molar-refractivity contribution in [3.05, 3.63) is 35.9 Å². The Hall–Kier alpha value is -1.88. The van der Waals surface area contributed by atoms with E-state index >= 15 is 0 Å². The van der Waals surface area contributed by atoms with Gasteiger partial charge in [0.1, 0.15) is 0 Å². The summed E-state index contributed by atoms with van der Waals surface area (Å²) in [5.74, 6) is -1.04. The quantitative estimate of drug-likeness (QED) is 0.714. The number of nitrogens with two attached hydrogens (primary N) is 1. The minimum absolute atomic E-state index is 0.166. The summed E-state index contributed by atoms with van der Waals surface area (Å²) in [4.78, 5) is 22.7. The van der Waals surface area contributed by atoms with Crippen molar-refractivity contribution in [1.29, 1.82) is 0 Å². The Morgan fingerprint density at radius 3 is 2.47 bits per heavy atom. The van der Waals surface area contributed by atoms with Crippen molar-refractivity contribution in [3.63, 3.8) is 0 Å². The third-order valence-electron chi connectivity index (χ3n) is 3.56. The molecule has 0 aromatic heterocycles. The molecule has 5 heteroatoms. The summed E-state index contributed by atoms with van der Waals surface area (Å²) in [5.41, 5.74) is 6.10. The molecule has 102 valence electrons. The first kappa shape index (κ1) is 13.5. The maximum Gasteiger partial charge on any atom is 0.311 e. The second-order valence-electron chi connectivity index (χ2n) is 5.08. The highest BCUT2D eigenvalue weighted by atomic mass is 16.4. The zero-order valence-corrected chi connectivity index (χ0v) is 10.6.